The Bertz CT molecular complexity index is 806. The second-order valence-electron chi connectivity index (χ2n) is 6.62. The number of rotatable bonds is 7. The van der Waals surface area contributed by atoms with E-state index in [2.05, 4.69) is 36.3 Å². The summed E-state index contributed by atoms with van der Waals surface area (Å²) in [4.78, 5) is 26.6. The first-order valence-electron chi connectivity index (χ1n) is 9.20. The second-order valence-corrected chi connectivity index (χ2v) is 9.29. The Morgan fingerprint density at radius 3 is 2.74 bits per heavy atom. The highest BCUT2D eigenvalue weighted by Gasteiger charge is 2.35. The number of anilines is 2. The topological polar surface area (TPSA) is 75.2 Å². The molecule has 1 saturated heterocycles. The van der Waals surface area contributed by atoms with Crippen molar-refractivity contribution in [1.29, 1.82) is 0 Å². The molecule has 1 N–H and O–H groups in total. The molecule has 3 rings (SSSR count). The number of carbonyl (C=O) groups excluding carboxylic acids is 2. The third-order valence-electron chi connectivity index (χ3n) is 4.67. The molecule has 0 saturated carbocycles. The van der Waals surface area contributed by atoms with Crippen LogP contribution < -0.4 is 10.2 Å². The number of nitrogens with zero attached hydrogens (tertiary/aromatic N) is 3. The number of aryl methyl sites for hydroxylation is 1. The number of aromatic nitrogens is 2. The van der Waals surface area contributed by atoms with Crippen molar-refractivity contribution in [3.63, 3.8) is 0 Å². The number of nitrogens with one attached hydrogen (secondary N) is 1. The van der Waals surface area contributed by atoms with Crippen LogP contribution in [0.1, 0.15) is 39.2 Å². The van der Waals surface area contributed by atoms with Gasteiger partial charge in [-0.05, 0) is 30.5 Å². The Labute approximate surface area is 167 Å². The Balaban J connectivity index is 1.60. The van der Waals surface area contributed by atoms with Crippen LogP contribution in [-0.2, 0) is 16.0 Å². The first kappa shape index (κ1) is 19.8. The summed E-state index contributed by atoms with van der Waals surface area (Å²) in [5.41, 5.74) is 2.07. The van der Waals surface area contributed by atoms with Gasteiger partial charge in [-0.3, -0.25) is 9.59 Å². The third-order valence-corrected chi connectivity index (χ3v) is 6.86. The van der Waals surface area contributed by atoms with Crippen molar-refractivity contribution >= 4 is 45.7 Å². The molecule has 1 aliphatic heterocycles. The summed E-state index contributed by atoms with van der Waals surface area (Å²) in [5, 5.41) is 11.9. The van der Waals surface area contributed by atoms with Crippen LogP contribution in [-0.4, -0.2) is 33.8 Å². The largest absolute Gasteiger partial charge is 0.312 e. The van der Waals surface area contributed by atoms with Crippen LogP contribution in [0.3, 0.4) is 0 Å². The zero-order valence-electron chi connectivity index (χ0n) is 15.8. The highest BCUT2D eigenvalue weighted by atomic mass is 32.2. The maximum Gasteiger partial charge on any atom is 0.231 e. The van der Waals surface area contributed by atoms with E-state index in [1.54, 1.807) is 16.7 Å². The molecule has 27 heavy (non-hydrogen) atoms. The minimum atomic E-state index is -0.377. The average Bonchev–Trinajstić information content (AvgIpc) is 3.28. The first-order chi connectivity index (χ1) is 13.0. The molecule has 1 aliphatic rings. The number of amides is 2. The molecule has 8 heteroatoms. The zero-order chi connectivity index (χ0) is 19.4. The van der Waals surface area contributed by atoms with Crippen molar-refractivity contribution in [1.82, 2.24) is 10.2 Å². The molecule has 1 fully saturated rings. The van der Waals surface area contributed by atoms with E-state index in [9.17, 15) is 9.59 Å². The lowest BCUT2D eigenvalue weighted by Crippen LogP contribution is -2.28. The Morgan fingerprint density at radius 1 is 1.33 bits per heavy atom. The molecule has 0 spiro atoms. The van der Waals surface area contributed by atoms with E-state index in [1.165, 1.54) is 16.9 Å². The van der Waals surface area contributed by atoms with Crippen molar-refractivity contribution in [3.05, 3.63) is 29.8 Å². The maximum absolute atomic E-state index is 12.6. The normalized spacial score (nSPS) is 18.0. The van der Waals surface area contributed by atoms with Crippen LogP contribution in [0.2, 0.25) is 0 Å². The van der Waals surface area contributed by atoms with Gasteiger partial charge in [0.1, 0.15) is 0 Å². The van der Waals surface area contributed by atoms with Crippen molar-refractivity contribution < 1.29 is 9.59 Å². The van der Waals surface area contributed by atoms with Crippen LogP contribution >= 0.6 is 23.1 Å². The molecule has 0 bridgehead atoms. The van der Waals surface area contributed by atoms with Crippen LogP contribution in [0, 0.1) is 5.92 Å². The lowest BCUT2D eigenvalue weighted by atomic mass is 10.1. The summed E-state index contributed by atoms with van der Waals surface area (Å²) in [7, 11) is 0. The molecule has 144 valence electrons. The number of hydrogen-bond donors (Lipinski definition) is 1. The van der Waals surface area contributed by atoms with Crippen LogP contribution in [0.25, 0.3) is 0 Å². The van der Waals surface area contributed by atoms with E-state index >= 15 is 0 Å². The molecule has 2 amide bonds. The fourth-order valence-electron chi connectivity index (χ4n) is 2.82. The van der Waals surface area contributed by atoms with Gasteiger partial charge in [-0.25, -0.2) is 0 Å². The zero-order valence-corrected chi connectivity index (χ0v) is 17.4. The second kappa shape index (κ2) is 8.84. The Morgan fingerprint density at radius 2 is 2.07 bits per heavy atom. The van der Waals surface area contributed by atoms with Crippen molar-refractivity contribution in [2.24, 2.45) is 5.92 Å². The fourth-order valence-corrected chi connectivity index (χ4v) is 4.82. The number of carbonyl (C=O) groups is 2. The quantitative estimate of drug-likeness (QED) is 0.558. The highest BCUT2D eigenvalue weighted by molar-refractivity contribution is 8.01. The Hall–Kier alpha value is -1.93. The summed E-state index contributed by atoms with van der Waals surface area (Å²) >= 11 is 3.03. The average molecular weight is 405 g/mol. The number of hydrogen-bond acceptors (Lipinski definition) is 6. The number of benzene rings is 1. The van der Waals surface area contributed by atoms with E-state index in [0.29, 0.717) is 16.9 Å². The molecule has 0 radical (unpaired) electrons. The predicted molar refractivity (Wildman–Crippen MR) is 110 cm³/mol. The molecule has 6 nitrogen and oxygen atoms in total. The molecule has 0 aliphatic carbocycles. The summed E-state index contributed by atoms with van der Waals surface area (Å²) in [5.74, 6) is -0.574. The smallest absolute Gasteiger partial charge is 0.231 e. The van der Waals surface area contributed by atoms with E-state index in [1.807, 2.05) is 24.3 Å². The summed E-state index contributed by atoms with van der Waals surface area (Å²) in [6.07, 6.45) is 2.22. The minimum Gasteiger partial charge on any atom is -0.312 e. The summed E-state index contributed by atoms with van der Waals surface area (Å²) in [6.45, 7) is 6.75. The van der Waals surface area contributed by atoms with E-state index in [0.717, 1.165) is 22.9 Å². The van der Waals surface area contributed by atoms with Gasteiger partial charge in [0.05, 0.1) is 5.92 Å². The SMILES string of the molecule is CCc1ccc(N2C[C@@H](C(=O)Nc3nnc(S[C@H](C)CC)s3)CC2=O)cc1. The fraction of sp³-hybridized carbons (Fsp3) is 0.474. The molecule has 2 aromatic rings. The van der Waals surface area contributed by atoms with Gasteiger partial charge in [0, 0.05) is 23.9 Å². The van der Waals surface area contributed by atoms with Gasteiger partial charge in [0.15, 0.2) is 4.34 Å². The molecular weight excluding hydrogens is 380 g/mol. The predicted octanol–water partition coefficient (Wildman–Crippen LogP) is 3.98. The first-order valence-corrected chi connectivity index (χ1v) is 10.9. The third kappa shape index (κ3) is 4.87. The van der Waals surface area contributed by atoms with Gasteiger partial charge >= 0.3 is 0 Å². The molecule has 1 aromatic heterocycles. The van der Waals surface area contributed by atoms with Gasteiger partial charge in [-0.1, -0.05) is 56.0 Å². The van der Waals surface area contributed by atoms with Gasteiger partial charge < -0.3 is 10.2 Å². The summed E-state index contributed by atoms with van der Waals surface area (Å²) in [6, 6.07) is 7.93. The maximum atomic E-state index is 12.6. The van der Waals surface area contributed by atoms with Crippen molar-refractivity contribution in [2.45, 2.75) is 49.6 Å². The minimum absolute atomic E-state index is 0.0234. The summed E-state index contributed by atoms with van der Waals surface area (Å²) < 4.78 is 0.847. The lowest BCUT2D eigenvalue weighted by Gasteiger charge is -2.17. The van der Waals surface area contributed by atoms with Crippen molar-refractivity contribution in [2.75, 3.05) is 16.8 Å². The van der Waals surface area contributed by atoms with E-state index in [-0.39, 0.29) is 24.2 Å². The van der Waals surface area contributed by atoms with E-state index in [4.69, 9.17) is 0 Å². The highest BCUT2D eigenvalue weighted by Crippen LogP contribution is 2.31. The number of thioether (sulfide) groups is 1. The molecule has 1 aromatic carbocycles. The van der Waals surface area contributed by atoms with E-state index < -0.39 is 0 Å². The molecular formula is C19H24N4O2S2. The van der Waals surface area contributed by atoms with Gasteiger partial charge in [-0.2, -0.15) is 0 Å². The molecule has 2 atom stereocenters. The van der Waals surface area contributed by atoms with Gasteiger partial charge in [-0.15, -0.1) is 10.2 Å². The van der Waals surface area contributed by atoms with Crippen molar-refractivity contribution in [3.8, 4) is 0 Å². The van der Waals surface area contributed by atoms with Crippen LogP contribution in [0.4, 0.5) is 10.8 Å². The monoisotopic (exact) mass is 404 g/mol. The molecule has 0 unspecified atom stereocenters. The lowest BCUT2D eigenvalue weighted by molar-refractivity contribution is -0.122. The molecule has 2 heterocycles. The standard InChI is InChI=1S/C19H24N4O2S2/c1-4-12(3)26-19-22-21-18(27-19)20-17(25)14-10-16(24)23(11-14)15-8-6-13(5-2)7-9-15/h6-9,12,14H,4-5,10-11H2,1-3H3,(H,20,21,25)/t12-,14+/m1/s1. The Kier molecular flexibility index (Phi) is 6.49. The van der Waals surface area contributed by atoms with Crippen LogP contribution in [0.15, 0.2) is 28.6 Å². The van der Waals surface area contributed by atoms with Gasteiger partial charge in [0.25, 0.3) is 0 Å². The van der Waals surface area contributed by atoms with Crippen LogP contribution in [0.5, 0.6) is 0 Å². The van der Waals surface area contributed by atoms with Gasteiger partial charge in [0.2, 0.25) is 16.9 Å².